The van der Waals surface area contributed by atoms with E-state index in [-0.39, 0.29) is 18.9 Å². The Bertz CT molecular complexity index is 225. The predicted molar refractivity (Wildman–Crippen MR) is 75.0 cm³/mol. The van der Waals surface area contributed by atoms with E-state index in [2.05, 4.69) is 48.1 Å². The Labute approximate surface area is 121 Å². The number of hydrogen-bond acceptors (Lipinski definition) is 1. The van der Waals surface area contributed by atoms with Crippen LogP contribution in [0.4, 0.5) is 0 Å². The molecule has 1 nitrogen and oxygen atoms in total. The molecule has 0 N–H and O–H groups in total. The summed E-state index contributed by atoms with van der Waals surface area (Å²) in [6.07, 6.45) is 1.68. The molecule has 0 rings (SSSR count). The van der Waals surface area contributed by atoms with Gasteiger partial charge in [-0.1, -0.05) is 41.5 Å². The monoisotopic (exact) mass is 246 g/mol. The van der Waals surface area contributed by atoms with Crippen molar-refractivity contribution in [1.82, 2.24) is 0 Å². The van der Waals surface area contributed by atoms with Crippen LogP contribution in [0, 0.1) is 6.58 Å². The molecule has 0 aromatic carbocycles. The number of rotatable bonds is 7. The second-order valence-corrected chi connectivity index (χ2v) is 10.8. The summed E-state index contributed by atoms with van der Waals surface area (Å²) in [6.45, 7) is 23.6. The number of hydrogen-bond donors (Lipinski definition) is 0. The molecule has 0 bridgehead atoms. The van der Waals surface area contributed by atoms with Gasteiger partial charge in [-0.15, -0.1) is 0 Å². The molecule has 0 aromatic heterocycles. The molecule has 0 saturated carbocycles. The maximum atomic E-state index is 6.27. The van der Waals surface area contributed by atoms with Gasteiger partial charge in [0.25, 0.3) is 0 Å². The van der Waals surface area contributed by atoms with Crippen molar-refractivity contribution in [2.45, 2.75) is 58.2 Å². The maximum Gasteiger partial charge on any atom is 1.00 e. The minimum Gasteiger partial charge on any atom is -0.415 e. The van der Waals surface area contributed by atoms with Gasteiger partial charge < -0.3 is 4.43 Å². The molecular weight excluding hydrogens is 219 g/mol. The summed E-state index contributed by atoms with van der Waals surface area (Å²) in [5.41, 5.74) is 2.54. The zero-order valence-electron chi connectivity index (χ0n) is 12.7. The molecule has 0 spiro atoms. The van der Waals surface area contributed by atoms with Gasteiger partial charge in [0.05, 0.1) is 0 Å². The van der Waals surface area contributed by atoms with Gasteiger partial charge in [-0.25, -0.2) is 11.6 Å². The van der Waals surface area contributed by atoms with Crippen LogP contribution in [0.25, 0.3) is 0 Å². The van der Waals surface area contributed by atoms with Crippen molar-refractivity contribution < 1.29 is 23.3 Å². The van der Waals surface area contributed by atoms with Crippen LogP contribution in [-0.2, 0) is 4.43 Å². The van der Waals surface area contributed by atoms with E-state index in [9.17, 15) is 0 Å². The van der Waals surface area contributed by atoms with Crippen LogP contribution in [0.15, 0.2) is 18.2 Å². The first-order chi connectivity index (χ1) is 7.28. The molecule has 94 valence electrons. The molecule has 0 atom stereocenters. The zero-order chi connectivity index (χ0) is 12.9. The van der Waals surface area contributed by atoms with Crippen molar-refractivity contribution in [2.24, 2.45) is 0 Å². The summed E-state index contributed by atoms with van der Waals surface area (Å²) in [5.74, 6) is 0. The third kappa shape index (κ3) is 4.79. The minimum atomic E-state index is -1.76. The van der Waals surface area contributed by atoms with Crippen LogP contribution < -0.4 is 18.9 Å². The summed E-state index contributed by atoms with van der Waals surface area (Å²) in [7, 11) is -1.76. The summed E-state index contributed by atoms with van der Waals surface area (Å²) in [6, 6.07) is 0. The van der Waals surface area contributed by atoms with Crippen LogP contribution in [-0.4, -0.2) is 14.9 Å². The van der Waals surface area contributed by atoms with E-state index in [0.29, 0.717) is 23.2 Å². The zero-order valence-corrected chi connectivity index (χ0v) is 13.7. The van der Waals surface area contributed by atoms with E-state index in [1.807, 2.05) is 0 Å². The Morgan fingerprint density at radius 1 is 1.12 bits per heavy atom. The first-order valence-electron chi connectivity index (χ1n) is 6.16. The van der Waals surface area contributed by atoms with Gasteiger partial charge in [0, 0.05) is 6.61 Å². The van der Waals surface area contributed by atoms with Gasteiger partial charge >= 0.3 is 18.9 Å². The van der Waals surface area contributed by atoms with Gasteiger partial charge in [0.2, 0.25) is 8.32 Å². The van der Waals surface area contributed by atoms with Gasteiger partial charge in [-0.3, -0.25) is 6.58 Å². The van der Waals surface area contributed by atoms with Crippen molar-refractivity contribution in [3.05, 3.63) is 24.8 Å². The Kier molecular flexibility index (Phi) is 9.65. The largest absolute Gasteiger partial charge is 1.00 e. The molecule has 0 amide bonds. The second-order valence-electron chi connectivity index (χ2n) is 5.39. The maximum absolute atomic E-state index is 6.27. The van der Waals surface area contributed by atoms with Gasteiger partial charge in [0.1, 0.15) is 0 Å². The van der Waals surface area contributed by atoms with Crippen molar-refractivity contribution in [2.75, 3.05) is 6.61 Å². The van der Waals surface area contributed by atoms with E-state index in [1.54, 1.807) is 6.08 Å². The Balaban J connectivity index is 0. The fourth-order valence-corrected chi connectivity index (χ4v) is 8.18. The molecule has 0 radical (unpaired) electrons. The molecule has 0 aromatic rings. The van der Waals surface area contributed by atoms with E-state index in [1.165, 1.54) is 0 Å². The minimum absolute atomic E-state index is 0. The van der Waals surface area contributed by atoms with Gasteiger partial charge in [-0.05, 0) is 16.6 Å². The summed E-state index contributed by atoms with van der Waals surface area (Å²) in [5, 5.41) is 0. The van der Waals surface area contributed by atoms with Crippen molar-refractivity contribution in [3.8, 4) is 0 Å². The Morgan fingerprint density at radius 2 is 1.47 bits per heavy atom. The van der Waals surface area contributed by atoms with Crippen LogP contribution in [0.1, 0.15) is 41.5 Å². The van der Waals surface area contributed by atoms with E-state index in [4.69, 9.17) is 11.0 Å². The van der Waals surface area contributed by atoms with Crippen LogP contribution in [0.3, 0.4) is 0 Å². The molecule has 3 heteroatoms. The molecule has 0 heterocycles. The second kappa shape index (κ2) is 8.37. The third-order valence-corrected chi connectivity index (χ3v) is 9.52. The predicted octanol–water partition coefficient (Wildman–Crippen LogP) is 1.73. The molecule has 0 unspecified atom stereocenters. The van der Waals surface area contributed by atoms with Crippen molar-refractivity contribution in [3.63, 3.8) is 0 Å². The average Bonchev–Trinajstić information content (AvgIpc) is 2.16. The normalized spacial score (nSPS) is 11.8. The molecule has 0 fully saturated rings. The molecular formula is C14H27LiOSi. The summed E-state index contributed by atoms with van der Waals surface area (Å²) >= 11 is 0. The molecule has 0 aliphatic rings. The average molecular weight is 246 g/mol. The van der Waals surface area contributed by atoms with Crippen molar-refractivity contribution in [1.29, 1.82) is 0 Å². The first-order valence-corrected chi connectivity index (χ1v) is 8.30. The van der Waals surface area contributed by atoms with E-state index >= 15 is 0 Å². The molecule has 0 aliphatic heterocycles. The van der Waals surface area contributed by atoms with Crippen LogP contribution in [0.2, 0.25) is 16.6 Å². The van der Waals surface area contributed by atoms with Crippen molar-refractivity contribution >= 4 is 8.32 Å². The smallest absolute Gasteiger partial charge is 0.415 e. The topological polar surface area (TPSA) is 9.23 Å². The third-order valence-electron chi connectivity index (χ3n) is 3.46. The molecule has 17 heavy (non-hydrogen) atoms. The SMILES string of the molecule is [CH-]=C(C=C)CO[Si](C(C)C)(C(C)C)C(C)C.[Li+]. The Morgan fingerprint density at radius 3 is 1.71 bits per heavy atom. The molecule has 0 aliphatic carbocycles. The fraction of sp³-hybridized carbons (Fsp3) is 0.714. The quantitative estimate of drug-likeness (QED) is 0.378. The first kappa shape index (κ1) is 19.6. The van der Waals surface area contributed by atoms with Gasteiger partial charge in [0.15, 0.2) is 0 Å². The van der Waals surface area contributed by atoms with E-state index < -0.39 is 8.32 Å². The van der Waals surface area contributed by atoms with E-state index in [0.717, 1.165) is 5.57 Å². The van der Waals surface area contributed by atoms with Crippen LogP contribution in [0.5, 0.6) is 0 Å². The molecule has 0 saturated heterocycles. The Hall–Kier alpha value is 0.254. The fourth-order valence-electron chi connectivity index (χ4n) is 2.77. The summed E-state index contributed by atoms with van der Waals surface area (Å²) in [4.78, 5) is 0. The van der Waals surface area contributed by atoms with Gasteiger partial charge in [-0.2, -0.15) is 6.58 Å². The standard InChI is InChI=1S/C14H27OSi.Li/c1-9-14(8)10-15-16(11(2)3,12(4)5)13(6)7;/h8-9,11-13H,1,10H2,2-7H3;/q-1;+1. The summed E-state index contributed by atoms with van der Waals surface area (Å²) < 4.78 is 6.27. The van der Waals surface area contributed by atoms with Crippen LogP contribution >= 0.6 is 0 Å².